The third-order valence-corrected chi connectivity index (χ3v) is 6.61. The highest BCUT2D eigenvalue weighted by Crippen LogP contribution is 2.25. The van der Waals surface area contributed by atoms with Crippen molar-refractivity contribution in [3.05, 3.63) is 54.1 Å². The predicted molar refractivity (Wildman–Crippen MR) is 111 cm³/mol. The number of hydrogen-bond donors (Lipinski definition) is 1. The van der Waals surface area contributed by atoms with E-state index in [2.05, 4.69) is 5.32 Å². The van der Waals surface area contributed by atoms with E-state index in [1.54, 1.807) is 49.6 Å². The van der Waals surface area contributed by atoms with Crippen LogP contribution in [0.2, 0.25) is 0 Å². The van der Waals surface area contributed by atoms with Gasteiger partial charge in [-0.3, -0.25) is 4.79 Å². The van der Waals surface area contributed by atoms with Crippen LogP contribution in [0, 0.1) is 0 Å². The van der Waals surface area contributed by atoms with Gasteiger partial charge in [0.15, 0.2) is 18.1 Å². The molecule has 0 unspecified atom stereocenters. The minimum Gasteiger partial charge on any atom is -0.493 e. The van der Waals surface area contributed by atoms with E-state index in [1.165, 1.54) is 4.31 Å². The van der Waals surface area contributed by atoms with Crippen LogP contribution in [0.5, 0.6) is 11.5 Å². The lowest BCUT2D eigenvalue weighted by molar-refractivity contribution is -0.123. The molecule has 8 nitrogen and oxygen atoms in total. The minimum atomic E-state index is -3.50. The number of morpholine rings is 1. The van der Waals surface area contributed by atoms with Gasteiger partial charge in [0.25, 0.3) is 5.91 Å². The van der Waals surface area contributed by atoms with E-state index in [1.807, 2.05) is 6.07 Å². The quantitative estimate of drug-likeness (QED) is 0.642. The summed E-state index contributed by atoms with van der Waals surface area (Å²) in [5.41, 5.74) is 0.932. The Balaban J connectivity index is 1.45. The standard InChI is InChI=1S/C21H26N2O6S/c1-27-19-4-2-3-5-20(19)29-16-21(24)22-11-10-17-6-8-18(9-7-17)30(25,26)23-12-14-28-15-13-23/h2-9H,10-16H2,1H3,(H,22,24). The number of methoxy groups -OCH3 is 1. The molecule has 2 aromatic rings. The number of hydrogen-bond acceptors (Lipinski definition) is 6. The van der Waals surface area contributed by atoms with Gasteiger partial charge in [-0.2, -0.15) is 4.31 Å². The van der Waals surface area contributed by atoms with E-state index in [0.29, 0.717) is 50.8 Å². The molecule has 0 saturated carbocycles. The molecule has 0 bridgehead atoms. The molecule has 1 saturated heterocycles. The lowest BCUT2D eigenvalue weighted by atomic mass is 10.1. The van der Waals surface area contributed by atoms with E-state index < -0.39 is 10.0 Å². The van der Waals surface area contributed by atoms with Crippen LogP contribution in [-0.4, -0.2) is 65.2 Å². The molecule has 1 heterocycles. The van der Waals surface area contributed by atoms with Gasteiger partial charge in [0, 0.05) is 19.6 Å². The van der Waals surface area contributed by atoms with Gasteiger partial charge in [-0.15, -0.1) is 0 Å². The highest BCUT2D eigenvalue weighted by Gasteiger charge is 2.26. The lowest BCUT2D eigenvalue weighted by Gasteiger charge is -2.26. The Morgan fingerprint density at radius 1 is 1.07 bits per heavy atom. The summed E-state index contributed by atoms with van der Waals surface area (Å²) >= 11 is 0. The van der Waals surface area contributed by atoms with Gasteiger partial charge >= 0.3 is 0 Å². The van der Waals surface area contributed by atoms with E-state index in [4.69, 9.17) is 14.2 Å². The van der Waals surface area contributed by atoms with Crippen LogP contribution in [0.3, 0.4) is 0 Å². The summed E-state index contributed by atoms with van der Waals surface area (Å²) < 4.78 is 42.6. The molecule has 3 rings (SSSR count). The van der Waals surface area contributed by atoms with Crippen molar-refractivity contribution >= 4 is 15.9 Å². The average molecular weight is 435 g/mol. The molecule has 162 valence electrons. The van der Waals surface area contributed by atoms with Gasteiger partial charge in [0.2, 0.25) is 10.0 Å². The SMILES string of the molecule is COc1ccccc1OCC(=O)NCCc1ccc(S(=O)(=O)N2CCOCC2)cc1. The maximum Gasteiger partial charge on any atom is 0.257 e. The molecule has 1 aliphatic heterocycles. The molecule has 1 N–H and O–H groups in total. The zero-order chi connectivity index (χ0) is 21.4. The first-order valence-corrected chi connectivity index (χ1v) is 11.1. The van der Waals surface area contributed by atoms with Crippen LogP contribution in [0.15, 0.2) is 53.4 Å². The van der Waals surface area contributed by atoms with Crippen LogP contribution in [0.25, 0.3) is 0 Å². The second-order valence-corrected chi connectivity index (χ2v) is 8.64. The fraction of sp³-hybridized carbons (Fsp3) is 0.381. The second-order valence-electron chi connectivity index (χ2n) is 6.70. The molecule has 0 aromatic heterocycles. The molecule has 30 heavy (non-hydrogen) atoms. The number of benzene rings is 2. The highest BCUT2D eigenvalue weighted by atomic mass is 32.2. The first-order valence-electron chi connectivity index (χ1n) is 9.70. The van der Waals surface area contributed by atoms with Crippen LogP contribution < -0.4 is 14.8 Å². The highest BCUT2D eigenvalue weighted by molar-refractivity contribution is 7.89. The number of rotatable bonds is 9. The van der Waals surface area contributed by atoms with Crippen LogP contribution >= 0.6 is 0 Å². The number of sulfonamides is 1. The number of ether oxygens (including phenoxy) is 3. The van der Waals surface area contributed by atoms with Crippen LogP contribution in [0.1, 0.15) is 5.56 Å². The monoisotopic (exact) mass is 434 g/mol. The van der Waals surface area contributed by atoms with Gasteiger partial charge in [-0.25, -0.2) is 8.42 Å². The number of para-hydroxylation sites is 2. The van der Waals surface area contributed by atoms with E-state index in [-0.39, 0.29) is 17.4 Å². The average Bonchev–Trinajstić information content (AvgIpc) is 2.79. The molecule has 1 fully saturated rings. The van der Waals surface area contributed by atoms with E-state index >= 15 is 0 Å². The van der Waals surface area contributed by atoms with Crippen molar-refractivity contribution in [3.63, 3.8) is 0 Å². The number of carbonyl (C=O) groups is 1. The summed E-state index contributed by atoms with van der Waals surface area (Å²) in [6.07, 6.45) is 0.582. The van der Waals surface area contributed by atoms with Crippen molar-refractivity contribution in [2.45, 2.75) is 11.3 Å². The van der Waals surface area contributed by atoms with Gasteiger partial charge in [-0.1, -0.05) is 24.3 Å². The summed E-state index contributed by atoms with van der Waals surface area (Å²) in [5, 5.41) is 2.79. The van der Waals surface area contributed by atoms with Crippen molar-refractivity contribution < 1.29 is 27.4 Å². The van der Waals surface area contributed by atoms with E-state index in [0.717, 1.165) is 5.56 Å². The normalized spacial score (nSPS) is 14.8. The Hall–Kier alpha value is -2.62. The van der Waals surface area contributed by atoms with Gasteiger partial charge < -0.3 is 19.5 Å². The molecule has 0 radical (unpaired) electrons. The Morgan fingerprint density at radius 2 is 1.73 bits per heavy atom. The van der Waals surface area contributed by atoms with Gasteiger partial charge in [0.1, 0.15) is 0 Å². The zero-order valence-electron chi connectivity index (χ0n) is 16.9. The maximum absolute atomic E-state index is 12.6. The summed E-state index contributed by atoms with van der Waals surface area (Å²) in [5.74, 6) is 0.831. The number of carbonyl (C=O) groups excluding carboxylic acids is 1. The molecule has 1 aliphatic rings. The minimum absolute atomic E-state index is 0.114. The van der Waals surface area contributed by atoms with Crippen molar-refractivity contribution in [2.75, 3.05) is 46.6 Å². The van der Waals surface area contributed by atoms with Crippen LogP contribution in [0.4, 0.5) is 0 Å². The van der Waals surface area contributed by atoms with Gasteiger partial charge in [-0.05, 0) is 36.2 Å². The molecule has 0 spiro atoms. The molecule has 9 heteroatoms. The summed E-state index contributed by atoms with van der Waals surface area (Å²) in [4.78, 5) is 12.3. The van der Waals surface area contributed by atoms with Crippen molar-refractivity contribution in [2.24, 2.45) is 0 Å². The lowest BCUT2D eigenvalue weighted by Crippen LogP contribution is -2.40. The number of amides is 1. The zero-order valence-corrected chi connectivity index (χ0v) is 17.7. The number of nitrogens with zero attached hydrogens (tertiary/aromatic N) is 1. The second kappa shape index (κ2) is 10.4. The largest absolute Gasteiger partial charge is 0.493 e. The number of nitrogens with one attached hydrogen (secondary N) is 1. The van der Waals surface area contributed by atoms with Crippen molar-refractivity contribution in [3.8, 4) is 11.5 Å². The summed E-state index contributed by atoms with van der Waals surface area (Å²) in [6, 6.07) is 13.9. The molecule has 0 aliphatic carbocycles. The Labute approximate surface area is 176 Å². The van der Waals surface area contributed by atoms with Crippen molar-refractivity contribution in [1.82, 2.24) is 9.62 Å². The fourth-order valence-corrected chi connectivity index (χ4v) is 4.45. The molecule has 0 atom stereocenters. The van der Waals surface area contributed by atoms with E-state index in [9.17, 15) is 13.2 Å². The Bertz CT molecular complexity index is 940. The maximum atomic E-state index is 12.6. The third kappa shape index (κ3) is 5.71. The first kappa shape index (κ1) is 22.1. The first-order chi connectivity index (χ1) is 14.5. The molecule has 1 amide bonds. The topological polar surface area (TPSA) is 94.2 Å². The van der Waals surface area contributed by atoms with Crippen LogP contribution in [-0.2, 0) is 26.0 Å². The Kier molecular flexibility index (Phi) is 7.67. The smallest absolute Gasteiger partial charge is 0.257 e. The molecular formula is C21H26N2O6S. The predicted octanol–water partition coefficient (Wildman–Crippen LogP) is 1.45. The summed E-state index contributed by atoms with van der Waals surface area (Å²) in [6.45, 7) is 1.87. The Morgan fingerprint density at radius 3 is 2.40 bits per heavy atom. The van der Waals surface area contributed by atoms with Gasteiger partial charge in [0.05, 0.1) is 25.2 Å². The summed E-state index contributed by atoms with van der Waals surface area (Å²) in [7, 11) is -1.95. The fourth-order valence-electron chi connectivity index (χ4n) is 3.04. The molecular weight excluding hydrogens is 408 g/mol. The molecule has 2 aromatic carbocycles. The third-order valence-electron chi connectivity index (χ3n) is 4.69. The van der Waals surface area contributed by atoms with Crippen molar-refractivity contribution in [1.29, 1.82) is 0 Å².